The average Bonchev–Trinajstić information content (AvgIpc) is 3.19. The van der Waals surface area contributed by atoms with E-state index in [4.69, 9.17) is 27.6 Å². The maximum absolute atomic E-state index is 6.16. The van der Waals surface area contributed by atoms with Crippen LogP contribution in [-0.4, -0.2) is 28.2 Å². The van der Waals surface area contributed by atoms with Gasteiger partial charge in [0.2, 0.25) is 11.8 Å². The van der Waals surface area contributed by atoms with E-state index >= 15 is 0 Å². The fourth-order valence-electron chi connectivity index (χ4n) is 2.39. The molecule has 1 heterocycles. The highest BCUT2D eigenvalue weighted by atomic mass is 35.5. The highest BCUT2D eigenvalue weighted by molar-refractivity contribution is 6.36. The van der Waals surface area contributed by atoms with E-state index in [9.17, 15) is 0 Å². The molecule has 3 rings (SSSR count). The topological polar surface area (TPSA) is 42.2 Å². The molecule has 1 aliphatic carbocycles. The van der Waals surface area contributed by atoms with Gasteiger partial charge in [-0.1, -0.05) is 23.2 Å². The molecule has 1 aromatic carbocycles. The summed E-state index contributed by atoms with van der Waals surface area (Å²) >= 11 is 12.0. The van der Waals surface area contributed by atoms with Crippen LogP contribution in [-0.2, 0) is 6.54 Å². The van der Waals surface area contributed by atoms with Gasteiger partial charge in [0, 0.05) is 11.1 Å². The molecule has 4 nitrogen and oxygen atoms in total. The van der Waals surface area contributed by atoms with E-state index in [1.54, 1.807) is 18.2 Å². The van der Waals surface area contributed by atoms with Crippen molar-refractivity contribution in [3.8, 4) is 11.5 Å². The average molecular weight is 326 g/mol. The molecule has 0 N–H and O–H groups in total. The van der Waals surface area contributed by atoms with Gasteiger partial charge in [-0.3, -0.25) is 4.90 Å². The lowest BCUT2D eigenvalue weighted by Gasteiger charge is -2.22. The van der Waals surface area contributed by atoms with Crippen molar-refractivity contribution in [2.75, 3.05) is 7.05 Å². The second-order valence-corrected chi connectivity index (χ2v) is 6.46. The maximum Gasteiger partial charge on any atom is 0.249 e. The zero-order chi connectivity index (χ0) is 15.0. The molecule has 1 saturated carbocycles. The molecule has 0 bridgehead atoms. The van der Waals surface area contributed by atoms with Crippen molar-refractivity contribution in [3.63, 3.8) is 0 Å². The van der Waals surface area contributed by atoms with Crippen LogP contribution in [0.3, 0.4) is 0 Å². The molecule has 2 aromatic rings. The third-order valence-corrected chi connectivity index (χ3v) is 4.56. The van der Waals surface area contributed by atoms with Gasteiger partial charge < -0.3 is 4.42 Å². The quantitative estimate of drug-likeness (QED) is 0.823. The summed E-state index contributed by atoms with van der Waals surface area (Å²) in [6, 6.07) is 5.76. The molecule has 0 amide bonds. The second kappa shape index (κ2) is 5.95. The maximum atomic E-state index is 6.16. The molecule has 6 heteroatoms. The first-order chi connectivity index (χ1) is 10.0. The lowest BCUT2D eigenvalue weighted by atomic mass is 10.2. The molecule has 0 spiro atoms. The van der Waals surface area contributed by atoms with Gasteiger partial charge in [0.05, 0.1) is 17.1 Å². The molecule has 1 unspecified atom stereocenters. The Labute approximate surface area is 134 Å². The molecule has 0 radical (unpaired) electrons. The van der Waals surface area contributed by atoms with Gasteiger partial charge in [-0.15, -0.1) is 10.2 Å². The van der Waals surface area contributed by atoms with Gasteiger partial charge in [0.1, 0.15) is 0 Å². The van der Waals surface area contributed by atoms with Crippen molar-refractivity contribution >= 4 is 23.2 Å². The molecule has 1 aliphatic rings. The largest absolute Gasteiger partial charge is 0.419 e. The number of rotatable bonds is 5. The lowest BCUT2D eigenvalue weighted by Crippen LogP contribution is -2.30. The predicted molar refractivity (Wildman–Crippen MR) is 83.4 cm³/mol. The number of halogens is 2. The summed E-state index contributed by atoms with van der Waals surface area (Å²) in [6.07, 6.45) is 2.64. The summed E-state index contributed by atoms with van der Waals surface area (Å²) in [6.45, 7) is 2.89. The number of hydrogen-bond acceptors (Lipinski definition) is 4. The minimum atomic E-state index is 0.430. The van der Waals surface area contributed by atoms with Gasteiger partial charge in [-0.2, -0.15) is 0 Å². The van der Waals surface area contributed by atoms with Gasteiger partial charge >= 0.3 is 0 Å². The Morgan fingerprint density at radius 3 is 2.76 bits per heavy atom. The molecule has 21 heavy (non-hydrogen) atoms. The monoisotopic (exact) mass is 325 g/mol. The van der Waals surface area contributed by atoms with Crippen LogP contribution < -0.4 is 0 Å². The van der Waals surface area contributed by atoms with E-state index in [2.05, 4.69) is 29.1 Å². The van der Waals surface area contributed by atoms with E-state index in [1.165, 1.54) is 12.8 Å². The molecule has 1 atom stereocenters. The Balaban J connectivity index is 1.73. The lowest BCUT2D eigenvalue weighted by molar-refractivity contribution is 0.206. The fourth-order valence-corrected chi connectivity index (χ4v) is 2.87. The van der Waals surface area contributed by atoms with Crippen molar-refractivity contribution in [1.29, 1.82) is 0 Å². The van der Waals surface area contributed by atoms with Gasteiger partial charge in [-0.05, 0) is 50.9 Å². The number of aromatic nitrogens is 2. The van der Waals surface area contributed by atoms with Gasteiger partial charge in [0.25, 0.3) is 0 Å². The van der Waals surface area contributed by atoms with E-state index < -0.39 is 0 Å². The van der Waals surface area contributed by atoms with Crippen LogP contribution in [0.2, 0.25) is 10.0 Å². The summed E-state index contributed by atoms with van der Waals surface area (Å²) in [5.41, 5.74) is 0.706. The number of benzene rings is 1. The van der Waals surface area contributed by atoms with Crippen molar-refractivity contribution in [3.05, 3.63) is 34.1 Å². The van der Waals surface area contributed by atoms with Crippen LogP contribution in [0, 0.1) is 5.92 Å². The van der Waals surface area contributed by atoms with E-state index in [0.717, 1.165) is 5.92 Å². The third kappa shape index (κ3) is 3.39. The van der Waals surface area contributed by atoms with Crippen molar-refractivity contribution in [2.24, 2.45) is 5.92 Å². The summed E-state index contributed by atoms with van der Waals surface area (Å²) in [5.74, 6) is 1.84. The number of hydrogen-bond donors (Lipinski definition) is 0. The molecule has 112 valence electrons. The normalized spacial score (nSPS) is 16.4. The Morgan fingerprint density at radius 2 is 2.10 bits per heavy atom. The zero-order valence-corrected chi connectivity index (χ0v) is 13.5. The molecular weight excluding hydrogens is 309 g/mol. The Morgan fingerprint density at radius 1 is 1.33 bits per heavy atom. The van der Waals surface area contributed by atoms with Gasteiger partial charge in [-0.25, -0.2) is 0 Å². The predicted octanol–water partition coefficient (Wildman–Crippen LogP) is 4.27. The fraction of sp³-hybridized carbons (Fsp3) is 0.467. The van der Waals surface area contributed by atoms with Crippen LogP contribution >= 0.6 is 23.2 Å². The van der Waals surface area contributed by atoms with Crippen molar-refractivity contribution in [2.45, 2.75) is 32.4 Å². The van der Waals surface area contributed by atoms with Crippen molar-refractivity contribution in [1.82, 2.24) is 15.1 Å². The molecular formula is C15H17Cl2N3O. The molecule has 1 fully saturated rings. The Hall–Kier alpha value is -1.10. The van der Waals surface area contributed by atoms with Crippen LogP contribution in [0.1, 0.15) is 25.7 Å². The molecule has 0 saturated heterocycles. The highest BCUT2D eigenvalue weighted by Crippen LogP contribution is 2.35. The Kier molecular flexibility index (Phi) is 4.20. The zero-order valence-electron chi connectivity index (χ0n) is 12.0. The Bertz CT molecular complexity index is 640. The van der Waals surface area contributed by atoms with E-state index in [0.29, 0.717) is 40.0 Å². The number of nitrogens with zero attached hydrogens (tertiary/aromatic N) is 3. The second-order valence-electron chi connectivity index (χ2n) is 5.62. The third-order valence-electron chi connectivity index (χ3n) is 4.01. The van der Waals surface area contributed by atoms with Crippen LogP contribution in [0.4, 0.5) is 0 Å². The first-order valence-electron chi connectivity index (χ1n) is 7.02. The van der Waals surface area contributed by atoms with Gasteiger partial charge in [0.15, 0.2) is 0 Å². The summed E-state index contributed by atoms with van der Waals surface area (Å²) in [4.78, 5) is 2.25. The minimum absolute atomic E-state index is 0.430. The van der Waals surface area contributed by atoms with Crippen molar-refractivity contribution < 1.29 is 4.42 Å². The smallest absolute Gasteiger partial charge is 0.249 e. The summed E-state index contributed by atoms with van der Waals surface area (Å²) in [5, 5.41) is 9.28. The molecule has 0 aliphatic heterocycles. The van der Waals surface area contributed by atoms with Crippen LogP contribution in [0.15, 0.2) is 22.6 Å². The van der Waals surface area contributed by atoms with E-state index in [-0.39, 0.29) is 0 Å². The van der Waals surface area contributed by atoms with Crippen LogP contribution in [0.25, 0.3) is 11.5 Å². The first-order valence-corrected chi connectivity index (χ1v) is 7.78. The van der Waals surface area contributed by atoms with E-state index in [1.807, 2.05) is 0 Å². The first kappa shape index (κ1) is 14.8. The minimum Gasteiger partial charge on any atom is -0.419 e. The summed E-state index contributed by atoms with van der Waals surface area (Å²) in [7, 11) is 2.09. The molecule has 1 aromatic heterocycles. The summed E-state index contributed by atoms with van der Waals surface area (Å²) < 4.78 is 5.72. The highest BCUT2D eigenvalue weighted by Gasteiger charge is 2.31. The standard InChI is InChI=1S/C15H17Cl2N3O/c1-9(10-3-4-10)20(2)8-14-18-19-15(21-14)12-6-5-11(16)7-13(12)17/h5-7,9-10H,3-4,8H2,1-2H3. The van der Waals surface area contributed by atoms with Crippen LogP contribution in [0.5, 0.6) is 0 Å². The SMILES string of the molecule is CC(C1CC1)N(C)Cc1nnc(-c2ccc(Cl)cc2Cl)o1.